The molecule has 0 aliphatic heterocycles. The maximum Gasteiger partial charge on any atom is 0.303 e. The Balaban J connectivity index is 2.42. The van der Waals surface area contributed by atoms with Gasteiger partial charge in [0.1, 0.15) is 0 Å². The van der Waals surface area contributed by atoms with Gasteiger partial charge in [0.2, 0.25) is 0 Å². The molecule has 0 atom stereocenters. The van der Waals surface area contributed by atoms with Crippen molar-refractivity contribution in [2.75, 3.05) is 20.6 Å². The third-order valence-corrected chi connectivity index (χ3v) is 2.57. The molecule has 1 aromatic rings. The number of carbonyl (C=O) groups is 2. The number of nitrogens with zero attached hydrogens (tertiary/aromatic N) is 1. The van der Waals surface area contributed by atoms with Gasteiger partial charge in [0.15, 0.2) is 0 Å². The Bertz CT molecular complexity index is 427. The minimum absolute atomic E-state index is 0.0715. The number of hydrogen-bond donors (Lipinski definition) is 2. The van der Waals surface area contributed by atoms with Crippen molar-refractivity contribution in [3.8, 4) is 0 Å². The smallest absolute Gasteiger partial charge is 0.303 e. The van der Waals surface area contributed by atoms with Gasteiger partial charge in [-0.3, -0.25) is 9.59 Å². The molecule has 0 heterocycles. The van der Waals surface area contributed by atoms with Gasteiger partial charge in [-0.1, -0.05) is 12.1 Å². The summed E-state index contributed by atoms with van der Waals surface area (Å²) < 4.78 is 0. The number of amides is 1. The third kappa shape index (κ3) is 6.01. The Hall–Kier alpha value is -1.88. The minimum atomic E-state index is -0.845. The quantitative estimate of drug-likeness (QED) is 0.729. The first-order chi connectivity index (χ1) is 8.99. The summed E-state index contributed by atoms with van der Waals surface area (Å²) in [7, 11) is 3.98. The summed E-state index contributed by atoms with van der Waals surface area (Å²) in [5.74, 6) is -1.01. The fourth-order valence-corrected chi connectivity index (χ4v) is 1.67. The van der Waals surface area contributed by atoms with Crippen molar-refractivity contribution in [1.82, 2.24) is 10.2 Å². The first kappa shape index (κ1) is 15.2. The van der Waals surface area contributed by atoms with E-state index < -0.39 is 5.97 Å². The maximum absolute atomic E-state index is 11.8. The standard InChI is InChI=1S/C14H20N2O3/c1-16(2)10-11-5-7-12(8-6-11)14(19)15-9-3-4-13(17)18/h5-8H,3-4,9-10H2,1-2H3,(H,15,19)(H,17,18). The summed E-state index contributed by atoms with van der Waals surface area (Å²) in [6, 6.07) is 7.41. The summed E-state index contributed by atoms with van der Waals surface area (Å²) in [5.41, 5.74) is 1.74. The van der Waals surface area contributed by atoms with Gasteiger partial charge in [-0.15, -0.1) is 0 Å². The summed E-state index contributed by atoms with van der Waals surface area (Å²) >= 11 is 0. The van der Waals surface area contributed by atoms with Gasteiger partial charge >= 0.3 is 5.97 Å². The van der Waals surface area contributed by atoms with Crippen molar-refractivity contribution in [1.29, 1.82) is 0 Å². The molecule has 0 bridgehead atoms. The molecule has 0 unspecified atom stereocenters. The molecule has 0 saturated heterocycles. The molecule has 19 heavy (non-hydrogen) atoms. The van der Waals surface area contributed by atoms with Crippen molar-refractivity contribution in [3.63, 3.8) is 0 Å². The molecule has 0 fully saturated rings. The number of carboxylic acids is 1. The highest BCUT2D eigenvalue weighted by atomic mass is 16.4. The van der Waals surface area contributed by atoms with E-state index in [0.29, 0.717) is 18.5 Å². The molecule has 0 aliphatic carbocycles. The highest BCUT2D eigenvalue weighted by molar-refractivity contribution is 5.94. The van der Waals surface area contributed by atoms with Crippen LogP contribution in [0.5, 0.6) is 0 Å². The predicted octanol–water partition coefficient (Wildman–Crippen LogP) is 1.34. The molecular weight excluding hydrogens is 244 g/mol. The van der Waals surface area contributed by atoms with Crippen LogP contribution in [0, 0.1) is 0 Å². The van der Waals surface area contributed by atoms with E-state index in [0.717, 1.165) is 12.1 Å². The van der Waals surface area contributed by atoms with Gasteiger partial charge in [-0.25, -0.2) is 0 Å². The van der Waals surface area contributed by atoms with Gasteiger partial charge in [0.05, 0.1) is 0 Å². The van der Waals surface area contributed by atoms with E-state index >= 15 is 0 Å². The Kier molecular flexibility index (Phi) is 6.02. The second-order valence-electron chi connectivity index (χ2n) is 4.69. The van der Waals surface area contributed by atoms with Crippen molar-refractivity contribution in [3.05, 3.63) is 35.4 Å². The number of aliphatic carboxylic acids is 1. The lowest BCUT2D eigenvalue weighted by Crippen LogP contribution is -2.24. The molecule has 0 saturated carbocycles. The van der Waals surface area contributed by atoms with Gasteiger partial charge in [-0.2, -0.15) is 0 Å². The van der Waals surface area contributed by atoms with Gasteiger partial charge in [-0.05, 0) is 38.2 Å². The van der Waals surface area contributed by atoms with E-state index in [4.69, 9.17) is 5.11 Å². The van der Waals surface area contributed by atoms with Crippen LogP contribution in [0.25, 0.3) is 0 Å². The predicted molar refractivity (Wildman–Crippen MR) is 73.0 cm³/mol. The molecule has 0 spiro atoms. The molecule has 104 valence electrons. The molecular formula is C14H20N2O3. The van der Waals surface area contributed by atoms with Crippen molar-refractivity contribution >= 4 is 11.9 Å². The highest BCUT2D eigenvalue weighted by Crippen LogP contribution is 2.06. The largest absolute Gasteiger partial charge is 0.481 e. The lowest BCUT2D eigenvalue weighted by molar-refractivity contribution is -0.137. The Morgan fingerprint density at radius 1 is 1.21 bits per heavy atom. The molecule has 1 aromatic carbocycles. The van der Waals surface area contributed by atoms with Crippen LogP contribution in [-0.4, -0.2) is 42.5 Å². The molecule has 0 radical (unpaired) electrons. The van der Waals surface area contributed by atoms with Crippen LogP contribution in [0.1, 0.15) is 28.8 Å². The number of carbonyl (C=O) groups excluding carboxylic acids is 1. The fraction of sp³-hybridized carbons (Fsp3) is 0.429. The van der Waals surface area contributed by atoms with Gasteiger partial charge in [0, 0.05) is 25.1 Å². The number of rotatable bonds is 7. The van der Waals surface area contributed by atoms with Gasteiger partial charge in [0.25, 0.3) is 5.91 Å². The summed E-state index contributed by atoms with van der Waals surface area (Å²) in [6.45, 7) is 1.21. The molecule has 1 amide bonds. The topological polar surface area (TPSA) is 69.6 Å². The molecule has 1 rings (SSSR count). The van der Waals surface area contributed by atoms with Crippen LogP contribution < -0.4 is 5.32 Å². The molecule has 2 N–H and O–H groups in total. The lowest BCUT2D eigenvalue weighted by atomic mass is 10.1. The van der Waals surface area contributed by atoms with E-state index in [2.05, 4.69) is 10.2 Å². The zero-order valence-corrected chi connectivity index (χ0v) is 11.3. The minimum Gasteiger partial charge on any atom is -0.481 e. The Morgan fingerprint density at radius 2 is 1.84 bits per heavy atom. The highest BCUT2D eigenvalue weighted by Gasteiger charge is 2.05. The van der Waals surface area contributed by atoms with E-state index in [1.54, 1.807) is 12.1 Å². The zero-order valence-electron chi connectivity index (χ0n) is 11.3. The SMILES string of the molecule is CN(C)Cc1ccc(C(=O)NCCCC(=O)O)cc1. The van der Waals surface area contributed by atoms with Crippen molar-refractivity contribution in [2.24, 2.45) is 0 Å². The number of hydrogen-bond acceptors (Lipinski definition) is 3. The van der Waals surface area contributed by atoms with Crippen LogP contribution in [0.15, 0.2) is 24.3 Å². The van der Waals surface area contributed by atoms with Crippen LogP contribution in [-0.2, 0) is 11.3 Å². The number of carboxylic acid groups (broad SMARTS) is 1. The van der Waals surface area contributed by atoms with Crippen LogP contribution in [0.2, 0.25) is 0 Å². The summed E-state index contributed by atoms with van der Waals surface area (Å²) in [4.78, 5) is 24.1. The van der Waals surface area contributed by atoms with Crippen molar-refractivity contribution < 1.29 is 14.7 Å². The Labute approximate surface area is 113 Å². The first-order valence-corrected chi connectivity index (χ1v) is 6.22. The van der Waals surface area contributed by atoms with Crippen LogP contribution >= 0.6 is 0 Å². The number of benzene rings is 1. The normalized spacial score (nSPS) is 10.5. The van der Waals surface area contributed by atoms with E-state index in [9.17, 15) is 9.59 Å². The van der Waals surface area contributed by atoms with E-state index in [-0.39, 0.29) is 12.3 Å². The molecule has 0 aliphatic rings. The van der Waals surface area contributed by atoms with Crippen LogP contribution in [0.3, 0.4) is 0 Å². The van der Waals surface area contributed by atoms with E-state index in [1.165, 1.54) is 0 Å². The lowest BCUT2D eigenvalue weighted by Gasteiger charge is -2.10. The zero-order chi connectivity index (χ0) is 14.3. The Morgan fingerprint density at radius 3 is 2.37 bits per heavy atom. The molecule has 5 nitrogen and oxygen atoms in total. The van der Waals surface area contributed by atoms with Crippen molar-refractivity contribution in [2.45, 2.75) is 19.4 Å². The van der Waals surface area contributed by atoms with Gasteiger partial charge < -0.3 is 15.3 Å². The maximum atomic E-state index is 11.8. The second-order valence-corrected chi connectivity index (χ2v) is 4.69. The number of nitrogens with one attached hydrogen (secondary N) is 1. The second kappa shape index (κ2) is 7.53. The fourth-order valence-electron chi connectivity index (χ4n) is 1.67. The summed E-state index contributed by atoms with van der Waals surface area (Å²) in [6.07, 6.45) is 0.516. The monoisotopic (exact) mass is 264 g/mol. The molecule has 0 aromatic heterocycles. The molecule has 5 heteroatoms. The van der Waals surface area contributed by atoms with Crippen LogP contribution in [0.4, 0.5) is 0 Å². The average molecular weight is 264 g/mol. The summed E-state index contributed by atoms with van der Waals surface area (Å²) in [5, 5.41) is 11.2. The third-order valence-electron chi connectivity index (χ3n) is 2.57. The first-order valence-electron chi connectivity index (χ1n) is 6.22. The average Bonchev–Trinajstić information content (AvgIpc) is 2.34. The van der Waals surface area contributed by atoms with E-state index in [1.807, 2.05) is 26.2 Å².